The molecule has 0 fully saturated rings. The van der Waals surface area contributed by atoms with E-state index in [1.807, 2.05) is 0 Å². The van der Waals surface area contributed by atoms with Crippen molar-refractivity contribution in [2.75, 3.05) is 7.11 Å². The zero-order chi connectivity index (χ0) is 22.4. The van der Waals surface area contributed by atoms with Crippen LogP contribution in [0.3, 0.4) is 0 Å². The van der Waals surface area contributed by atoms with Gasteiger partial charge in [0.15, 0.2) is 5.75 Å². The monoisotopic (exact) mass is 533 g/mol. The van der Waals surface area contributed by atoms with Gasteiger partial charge in [-0.1, -0.05) is 69.6 Å². The zero-order valence-electron chi connectivity index (χ0n) is 14.6. The lowest BCUT2D eigenvalue weighted by atomic mass is 9.99. The molecule has 0 spiro atoms. The highest BCUT2D eigenvalue weighted by Crippen LogP contribution is 2.50. The van der Waals surface area contributed by atoms with Gasteiger partial charge in [-0.2, -0.15) is 13.2 Å². The van der Waals surface area contributed by atoms with Crippen molar-refractivity contribution < 1.29 is 17.9 Å². The summed E-state index contributed by atoms with van der Waals surface area (Å²) in [6, 6.07) is 6.36. The van der Waals surface area contributed by atoms with Crippen LogP contribution >= 0.6 is 69.6 Å². The number of halogens is 9. The summed E-state index contributed by atoms with van der Waals surface area (Å²) in [5, 5.41) is 0.0705. The van der Waals surface area contributed by atoms with Crippen LogP contribution in [0.1, 0.15) is 5.69 Å². The summed E-state index contributed by atoms with van der Waals surface area (Å²) >= 11 is 37.1. The molecule has 0 aliphatic rings. The van der Waals surface area contributed by atoms with E-state index in [1.54, 1.807) is 0 Å². The van der Waals surface area contributed by atoms with Gasteiger partial charge in [0, 0.05) is 16.7 Å². The van der Waals surface area contributed by atoms with Crippen LogP contribution in [-0.4, -0.2) is 12.1 Å². The second-order valence-corrected chi connectivity index (χ2v) is 8.26. The molecule has 1 heterocycles. The van der Waals surface area contributed by atoms with Crippen molar-refractivity contribution in [2.45, 2.75) is 6.18 Å². The standard InChI is InChI=1S/C19H8Cl6F3NO/c1-30-18-7(13-8(20)2-4-10(22)15(13)24)6-12(19(26,27)28)29-17(18)14-9(21)3-5-11(23)16(14)25/h2-6H,1H3. The van der Waals surface area contributed by atoms with Gasteiger partial charge < -0.3 is 4.74 Å². The van der Waals surface area contributed by atoms with Crippen molar-refractivity contribution in [1.82, 2.24) is 4.98 Å². The van der Waals surface area contributed by atoms with Crippen LogP contribution in [0.2, 0.25) is 30.1 Å². The van der Waals surface area contributed by atoms with Crippen LogP contribution < -0.4 is 4.74 Å². The number of hydrogen-bond donors (Lipinski definition) is 0. The van der Waals surface area contributed by atoms with Crippen LogP contribution in [0, 0.1) is 0 Å². The molecule has 11 heteroatoms. The van der Waals surface area contributed by atoms with E-state index in [0.29, 0.717) is 0 Å². The quantitative estimate of drug-likeness (QED) is 0.312. The van der Waals surface area contributed by atoms with Crippen LogP contribution in [-0.2, 0) is 6.18 Å². The van der Waals surface area contributed by atoms with Crippen LogP contribution in [0.15, 0.2) is 30.3 Å². The number of alkyl halides is 3. The first kappa shape index (κ1) is 23.6. The molecule has 158 valence electrons. The average molecular weight is 536 g/mol. The maximum Gasteiger partial charge on any atom is 0.433 e. The Morgan fingerprint density at radius 3 is 1.73 bits per heavy atom. The lowest BCUT2D eigenvalue weighted by Crippen LogP contribution is -2.10. The van der Waals surface area contributed by atoms with Crippen LogP contribution in [0.5, 0.6) is 5.75 Å². The number of methoxy groups -OCH3 is 1. The third kappa shape index (κ3) is 4.29. The molecule has 0 saturated carbocycles. The molecule has 0 unspecified atom stereocenters. The molecule has 0 amide bonds. The van der Waals surface area contributed by atoms with Gasteiger partial charge in [0.2, 0.25) is 0 Å². The Bertz CT molecular complexity index is 1070. The number of aromatic nitrogens is 1. The largest absolute Gasteiger partial charge is 0.494 e. The Kier molecular flexibility index (Phi) is 6.93. The van der Waals surface area contributed by atoms with Gasteiger partial charge >= 0.3 is 6.18 Å². The summed E-state index contributed by atoms with van der Waals surface area (Å²) in [4.78, 5) is 3.72. The topological polar surface area (TPSA) is 22.1 Å². The average Bonchev–Trinajstić information content (AvgIpc) is 2.67. The number of hydrogen-bond acceptors (Lipinski definition) is 2. The molecule has 2 aromatic carbocycles. The summed E-state index contributed by atoms with van der Waals surface area (Å²) in [5.74, 6) is -0.0971. The molecule has 30 heavy (non-hydrogen) atoms. The molecular weight excluding hydrogens is 528 g/mol. The van der Waals surface area contributed by atoms with Gasteiger partial charge in [0.05, 0.1) is 37.2 Å². The van der Waals surface area contributed by atoms with Gasteiger partial charge in [0.1, 0.15) is 11.4 Å². The summed E-state index contributed by atoms with van der Waals surface area (Å²) in [6.45, 7) is 0. The third-order valence-electron chi connectivity index (χ3n) is 4.06. The highest BCUT2D eigenvalue weighted by atomic mass is 35.5. The predicted molar refractivity (Wildman–Crippen MR) is 117 cm³/mol. The van der Waals surface area contributed by atoms with Crippen LogP contribution in [0.4, 0.5) is 13.2 Å². The number of pyridine rings is 1. The van der Waals surface area contributed by atoms with Crippen molar-refractivity contribution in [3.05, 3.63) is 66.2 Å². The maximum absolute atomic E-state index is 13.7. The number of benzene rings is 2. The molecule has 0 saturated heterocycles. The van der Waals surface area contributed by atoms with E-state index in [2.05, 4.69) is 4.98 Å². The Morgan fingerprint density at radius 2 is 1.23 bits per heavy atom. The molecular formula is C19H8Cl6F3NO. The SMILES string of the molecule is COc1c(-c2c(Cl)ccc(Cl)c2Cl)cc(C(F)(F)F)nc1-c1c(Cl)ccc(Cl)c1Cl. The third-order valence-corrected chi connectivity index (χ3v) is 6.30. The number of ether oxygens (including phenoxy) is 1. The van der Waals surface area contributed by atoms with Crippen molar-refractivity contribution in [1.29, 1.82) is 0 Å². The van der Waals surface area contributed by atoms with Crippen molar-refractivity contribution >= 4 is 69.6 Å². The van der Waals surface area contributed by atoms with Gasteiger partial charge in [-0.05, 0) is 30.3 Å². The molecule has 0 N–H and O–H groups in total. The van der Waals surface area contributed by atoms with E-state index in [4.69, 9.17) is 74.3 Å². The molecule has 2 nitrogen and oxygen atoms in total. The Balaban J connectivity index is 2.52. The molecule has 1 aromatic heterocycles. The van der Waals surface area contributed by atoms with E-state index in [0.717, 1.165) is 6.07 Å². The molecule has 0 bridgehead atoms. The van der Waals surface area contributed by atoms with E-state index in [-0.39, 0.29) is 58.3 Å². The van der Waals surface area contributed by atoms with Gasteiger partial charge in [0.25, 0.3) is 0 Å². The molecule has 0 aliphatic heterocycles. The maximum atomic E-state index is 13.7. The number of nitrogens with zero attached hydrogens (tertiary/aromatic N) is 1. The lowest BCUT2D eigenvalue weighted by Gasteiger charge is -2.20. The van der Waals surface area contributed by atoms with Crippen molar-refractivity contribution in [2.24, 2.45) is 0 Å². The fourth-order valence-corrected chi connectivity index (χ4v) is 4.20. The molecule has 0 aliphatic carbocycles. The summed E-state index contributed by atoms with van der Waals surface area (Å²) in [6.07, 6.45) is -4.81. The normalized spacial score (nSPS) is 11.7. The minimum absolute atomic E-state index is 0.0174. The van der Waals surface area contributed by atoms with E-state index >= 15 is 0 Å². The highest BCUT2D eigenvalue weighted by Gasteiger charge is 2.36. The van der Waals surface area contributed by atoms with Gasteiger partial charge in [-0.3, -0.25) is 0 Å². The minimum Gasteiger partial charge on any atom is -0.494 e. The first-order valence-electron chi connectivity index (χ1n) is 7.91. The Hall–Kier alpha value is -1.08. The Morgan fingerprint density at radius 1 is 0.767 bits per heavy atom. The van der Waals surface area contributed by atoms with E-state index in [9.17, 15) is 13.2 Å². The second-order valence-electron chi connectivity index (χ2n) is 5.87. The Labute approximate surface area is 199 Å². The smallest absolute Gasteiger partial charge is 0.433 e. The first-order valence-corrected chi connectivity index (χ1v) is 10.2. The summed E-state index contributed by atoms with van der Waals surface area (Å²) in [7, 11) is 1.25. The fraction of sp³-hybridized carbons (Fsp3) is 0.105. The predicted octanol–water partition coefficient (Wildman–Crippen LogP) is 9.36. The zero-order valence-corrected chi connectivity index (χ0v) is 19.2. The second kappa shape index (κ2) is 8.81. The molecule has 3 rings (SSSR count). The first-order chi connectivity index (χ1) is 14.0. The van der Waals surface area contributed by atoms with E-state index < -0.39 is 11.9 Å². The summed E-state index contributed by atoms with van der Waals surface area (Å²) < 4.78 is 46.5. The number of rotatable bonds is 3. The molecule has 3 aromatic rings. The van der Waals surface area contributed by atoms with Crippen molar-refractivity contribution in [3.8, 4) is 28.1 Å². The van der Waals surface area contributed by atoms with Gasteiger partial charge in [-0.15, -0.1) is 0 Å². The van der Waals surface area contributed by atoms with Gasteiger partial charge in [-0.25, -0.2) is 4.98 Å². The minimum atomic E-state index is -4.81. The highest BCUT2D eigenvalue weighted by molar-refractivity contribution is 6.47. The van der Waals surface area contributed by atoms with Crippen molar-refractivity contribution in [3.63, 3.8) is 0 Å². The van der Waals surface area contributed by atoms with E-state index in [1.165, 1.54) is 31.4 Å². The fourth-order valence-electron chi connectivity index (χ4n) is 2.76. The molecule has 0 radical (unpaired) electrons. The van der Waals surface area contributed by atoms with Crippen LogP contribution in [0.25, 0.3) is 22.4 Å². The summed E-state index contributed by atoms with van der Waals surface area (Å²) in [5.41, 5.74) is -1.63. The molecule has 0 atom stereocenters. The lowest BCUT2D eigenvalue weighted by molar-refractivity contribution is -0.141.